The van der Waals surface area contributed by atoms with Crippen LogP contribution in [0, 0.1) is 5.92 Å². The summed E-state index contributed by atoms with van der Waals surface area (Å²) in [7, 11) is 0. The summed E-state index contributed by atoms with van der Waals surface area (Å²) in [6.45, 7) is 0.419. The standard InChI is InChI=1S/C16H21NO3/c18-15(19)17-11-10-16(20,12-6-2-1-3-7-12)13-8-4-5-9-14(13)17/h1-3,6-7,13-14,20H,4-5,8-11H2,(H,18,19). The summed E-state index contributed by atoms with van der Waals surface area (Å²) < 4.78 is 0. The third-order valence-corrected chi connectivity index (χ3v) is 5.00. The fraction of sp³-hybridized carbons (Fsp3) is 0.562. The van der Waals surface area contributed by atoms with Crippen molar-refractivity contribution >= 4 is 6.09 Å². The zero-order chi connectivity index (χ0) is 14.2. The van der Waals surface area contributed by atoms with Gasteiger partial charge >= 0.3 is 6.09 Å². The highest BCUT2D eigenvalue weighted by Gasteiger charge is 2.50. The lowest BCUT2D eigenvalue weighted by Gasteiger charge is -2.51. The first-order valence-corrected chi connectivity index (χ1v) is 7.40. The first-order chi connectivity index (χ1) is 9.63. The molecular formula is C16H21NO3. The van der Waals surface area contributed by atoms with Gasteiger partial charge in [0.05, 0.1) is 5.60 Å². The summed E-state index contributed by atoms with van der Waals surface area (Å²) in [6.07, 6.45) is 3.53. The molecule has 2 fully saturated rings. The van der Waals surface area contributed by atoms with Crippen LogP contribution < -0.4 is 0 Å². The highest BCUT2D eigenvalue weighted by molar-refractivity contribution is 5.65. The molecule has 4 nitrogen and oxygen atoms in total. The van der Waals surface area contributed by atoms with Crippen LogP contribution in [-0.2, 0) is 5.60 Å². The minimum Gasteiger partial charge on any atom is -0.465 e. The number of hydrogen-bond donors (Lipinski definition) is 2. The molecular weight excluding hydrogens is 254 g/mol. The number of carboxylic acid groups (broad SMARTS) is 1. The molecule has 20 heavy (non-hydrogen) atoms. The Morgan fingerprint density at radius 2 is 1.90 bits per heavy atom. The largest absolute Gasteiger partial charge is 0.465 e. The van der Waals surface area contributed by atoms with Crippen LogP contribution in [0.4, 0.5) is 4.79 Å². The van der Waals surface area contributed by atoms with Crippen LogP contribution in [0.2, 0.25) is 0 Å². The number of nitrogens with zero attached hydrogens (tertiary/aromatic N) is 1. The van der Waals surface area contributed by atoms with Gasteiger partial charge in [-0.05, 0) is 24.8 Å². The molecule has 1 amide bonds. The van der Waals surface area contributed by atoms with E-state index in [4.69, 9.17) is 0 Å². The Morgan fingerprint density at radius 3 is 2.60 bits per heavy atom. The first kappa shape index (κ1) is 13.4. The van der Waals surface area contributed by atoms with E-state index in [9.17, 15) is 15.0 Å². The average Bonchev–Trinajstić information content (AvgIpc) is 2.48. The quantitative estimate of drug-likeness (QED) is 0.828. The number of amides is 1. The van der Waals surface area contributed by atoms with Gasteiger partial charge in [0.2, 0.25) is 0 Å². The Balaban J connectivity index is 1.95. The molecule has 2 N–H and O–H groups in total. The molecule has 1 saturated heterocycles. The summed E-state index contributed by atoms with van der Waals surface area (Å²) in [6, 6.07) is 9.70. The van der Waals surface area contributed by atoms with Gasteiger partial charge in [-0.25, -0.2) is 4.79 Å². The summed E-state index contributed by atoms with van der Waals surface area (Å²) >= 11 is 0. The predicted molar refractivity (Wildman–Crippen MR) is 75.4 cm³/mol. The minimum atomic E-state index is -0.877. The number of rotatable bonds is 1. The number of carbonyl (C=O) groups is 1. The van der Waals surface area contributed by atoms with Crippen LogP contribution in [0.25, 0.3) is 0 Å². The molecule has 1 aliphatic heterocycles. The van der Waals surface area contributed by atoms with Gasteiger partial charge in [0, 0.05) is 18.5 Å². The van der Waals surface area contributed by atoms with E-state index in [1.807, 2.05) is 30.3 Å². The van der Waals surface area contributed by atoms with E-state index >= 15 is 0 Å². The molecule has 4 heteroatoms. The van der Waals surface area contributed by atoms with E-state index in [0.717, 1.165) is 31.2 Å². The monoisotopic (exact) mass is 275 g/mol. The third-order valence-electron chi connectivity index (χ3n) is 5.00. The molecule has 1 aromatic rings. The Morgan fingerprint density at radius 1 is 1.20 bits per heavy atom. The summed E-state index contributed by atoms with van der Waals surface area (Å²) in [5, 5.41) is 20.6. The molecule has 2 aliphatic rings. The highest BCUT2D eigenvalue weighted by Crippen LogP contribution is 2.46. The van der Waals surface area contributed by atoms with Gasteiger partial charge in [-0.2, -0.15) is 0 Å². The Kier molecular flexibility index (Phi) is 3.42. The van der Waals surface area contributed by atoms with Crippen molar-refractivity contribution in [2.75, 3.05) is 6.54 Å². The average molecular weight is 275 g/mol. The van der Waals surface area contributed by atoms with Crippen molar-refractivity contribution in [1.82, 2.24) is 4.90 Å². The summed E-state index contributed by atoms with van der Waals surface area (Å²) in [5.41, 5.74) is 0.0557. The lowest BCUT2D eigenvalue weighted by atomic mass is 9.66. The molecule has 1 saturated carbocycles. The molecule has 0 radical (unpaired) electrons. The topological polar surface area (TPSA) is 60.8 Å². The second-order valence-electron chi connectivity index (χ2n) is 5.97. The number of aliphatic hydroxyl groups is 1. The van der Waals surface area contributed by atoms with Crippen molar-refractivity contribution in [2.24, 2.45) is 5.92 Å². The predicted octanol–water partition coefficient (Wildman–Crippen LogP) is 2.82. The van der Waals surface area contributed by atoms with Crippen LogP contribution in [0.5, 0.6) is 0 Å². The van der Waals surface area contributed by atoms with Gasteiger partial charge in [0.25, 0.3) is 0 Å². The fourth-order valence-electron chi connectivity index (χ4n) is 4.01. The number of piperidine rings is 1. The van der Waals surface area contributed by atoms with Gasteiger partial charge in [-0.15, -0.1) is 0 Å². The van der Waals surface area contributed by atoms with Crippen molar-refractivity contribution in [3.05, 3.63) is 35.9 Å². The van der Waals surface area contributed by atoms with Gasteiger partial charge in [0.15, 0.2) is 0 Å². The van der Waals surface area contributed by atoms with E-state index in [-0.39, 0.29) is 12.0 Å². The molecule has 3 atom stereocenters. The third kappa shape index (κ3) is 2.08. The maximum atomic E-state index is 11.4. The lowest BCUT2D eigenvalue weighted by Crippen LogP contribution is -2.58. The van der Waals surface area contributed by atoms with E-state index < -0.39 is 11.7 Å². The lowest BCUT2D eigenvalue weighted by molar-refractivity contribution is -0.112. The molecule has 0 spiro atoms. The van der Waals surface area contributed by atoms with E-state index in [2.05, 4.69) is 0 Å². The summed E-state index contributed by atoms with van der Waals surface area (Å²) in [4.78, 5) is 12.9. The van der Waals surface area contributed by atoms with Gasteiger partial charge < -0.3 is 15.1 Å². The normalized spacial score (nSPS) is 33.5. The minimum absolute atomic E-state index is 0.0171. The Labute approximate surface area is 119 Å². The van der Waals surface area contributed by atoms with Crippen LogP contribution in [0.15, 0.2) is 30.3 Å². The van der Waals surface area contributed by atoms with Crippen molar-refractivity contribution in [3.63, 3.8) is 0 Å². The smallest absolute Gasteiger partial charge is 0.407 e. The van der Waals surface area contributed by atoms with E-state index in [0.29, 0.717) is 13.0 Å². The van der Waals surface area contributed by atoms with E-state index in [1.165, 1.54) is 0 Å². The second-order valence-corrected chi connectivity index (χ2v) is 5.97. The zero-order valence-electron chi connectivity index (χ0n) is 11.5. The second kappa shape index (κ2) is 5.09. The van der Waals surface area contributed by atoms with Crippen LogP contribution >= 0.6 is 0 Å². The maximum Gasteiger partial charge on any atom is 0.407 e. The molecule has 1 heterocycles. The van der Waals surface area contributed by atoms with Gasteiger partial charge in [0.1, 0.15) is 0 Å². The van der Waals surface area contributed by atoms with Crippen molar-refractivity contribution in [3.8, 4) is 0 Å². The number of hydrogen-bond acceptors (Lipinski definition) is 2. The van der Waals surface area contributed by atoms with E-state index in [1.54, 1.807) is 4.90 Å². The van der Waals surface area contributed by atoms with Crippen LogP contribution in [-0.4, -0.2) is 33.8 Å². The Bertz CT molecular complexity index is 490. The van der Waals surface area contributed by atoms with Gasteiger partial charge in [-0.1, -0.05) is 43.2 Å². The highest BCUT2D eigenvalue weighted by atomic mass is 16.4. The van der Waals surface area contributed by atoms with Crippen molar-refractivity contribution in [2.45, 2.75) is 43.7 Å². The summed E-state index contributed by atoms with van der Waals surface area (Å²) in [5.74, 6) is 0.0171. The van der Waals surface area contributed by atoms with Gasteiger partial charge in [-0.3, -0.25) is 0 Å². The van der Waals surface area contributed by atoms with Crippen LogP contribution in [0.3, 0.4) is 0 Å². The molecule has 3 rings (SSSR count). The SMILES string of the molecule is O=C(O)N1CCC(O)(c2ccccc2)C2CCCCC21. The zero-order valence-corrected chi connectivity index (χ0v) is 11.5. The molecule has 0 bridgehead atoms. The molecule has 1 aromatic carbocycles. The fourth-order valence-corrected chi connectivity index (χ4v) is 4.01. The first-order valence-electron chi connectivity index (χ1n) is 7.40. The van der Waals surface area contributed by atoms with Crippen LogP contribution in [0.1, 0.15) is 37.7 Å². The number of fused-ring (bicyclic) bond motifs is 1. The molecule has 3 unspecified atom stereocenters. The number of benzene rings is 1. The maximum absolute atomic E-state index is 11.4. The number of likely N-dealkylation sites (tertiary alicyclic amines) is 1. The Hall–Kier alpha value is -1.55. The van der Waals surface area contributed by atoms with Crippen molar-refractivity contribution in [1.29, 1.82) is 0 Å². The molecule has 108 valence electrons. The molecule has 0 aromatic heterocycles. The van der Waals surface area contributed by atoms with Crippen molar-refractivity contribution < 1.29 is 15.0 Å². The molecule has 1 aliphatic carbocycles.